The zero-order valence-electron chi connectivity index (χ0n) is 9.88. The highest BCUT2D eigenvalue weighted by molar-refractivity contribution is 6.34. The van der Waals surface area contributed by atoms with Gasteiger partial charge in [-0.1, -0.05) is 23.2 Å². The van der Waals surface area contributed by atoms with Crippen LogP contribution in [0.1, 0.15) is 19.8 Å². The maximum Gasteiger partial charge on any atom is 0.122 e. The van der Waals surface area contributed by atoms with Crippen molar-refractivity contribution < 1.29 is 4.74 Å². The first kappa shape index (κ1) is 13.0. The highest BCUT2D eigenvalue weighted by Crippen LogP contribution is 2.32. The summed E-state index contributed by atoms with van der Waals surface area (Å²) in [7, 11) is 0. The van der Waals surface area contributed by atoms with E-state index in [1.807, 2.05) is 0 Å². The van der Waals surface area contributed by atoms with Gasteiger partial charge in [0.05, 0.1) is 0 Å². The molecule has 1 saturated carbocycles. The summed E-state index contributed by atoms with van der Waals surface area (Å²) in [6, 6.07) is 5.85. The van der Waals surface area contributed by atoms with E-state index in [1.54, 1.807) is 18.2 Å². The van der Waals surface area contributed by atoms with Crippen molar-refractivity contribution in [3.05, 3.63) is 28.2 Å². The van der Waals surface area contributed by atoms with E-state index in [4.69, 9.17) is 27.9 Å². The third kappa shape index (κ3) is 4.38. The molecule has 0 heterocycles. The van der Waals surface area contributed by atoms with Crippen LogP contribution in [0.15, 0.2) is 18.2 Å². The Morgan fingerprint density at radius 3 is 2.53 bits per heavy atom. The lowest BCUT2D eigenvalue weighted by atomic mass is 10.2. The lowest BCUT2D eigenvalue weighted by Gasteiger charge is -2.13. The maximum atomic E-state index is 5.88. The second-order valence-corrected chi connectivity index (χ2v) is 5.41. The topological polar surface area (TPSA) is 21.3 Å². The fourth-order valence-corrected chi connectivity index (χ4v) is 2.34. The van der Waals surface area contributed by atoms with Crippen LogP contribution in [-0.2, 0) is 0 Å². The Labute approximate surface area is 112 Å². The van der Waals surface area contributed by atoms with Crippen molar-refractivity contribution in [1.82, 2.24) is 5.32 Å². The van der Waals surface area contributed by atoms with Gasteiger partial charge in [-0.25, -0.2) is 0 Å². The van der Waals surface area contributed by atoms with Gasteiger partial charge in [-0.15, -0.1) is 0 Å². The van der Waals surface area contributed by atoms with Crippen molar-refractivity contribution in [2.24, 2.45) is 5.92 Å². The minimum Gasteiger partial charge on any atom is -0.492 e. The molecule has 0 aliphatic heterocycles. The van der Waals surface area contributed by atoms with Crippen molar-refractivity contribution in [2.75, 3.05) is 13.2 Å². The number of rotatable bonds is 6. The van der Waals surface area contributed by atoms with E-state index in [0.29, 0.717) is 22.7 Å². The molecular formula is C13H17Cl2NO. The highest BCUT2D eigenvalue weighted by Gasteiger charge is 2.27. The average molecular weight is 274 g/mol. The molecule has 2 nitrogen and oxygen atoms in total. The Morgan fingerprint density at radius 2 is 1.94 bits per heavy atom. The van der Waals surface area contributed by atoms with Gasteiger partial charge >= 0.3 is 0 Å². The molecule has 1 unspecified atom stereocenters. The predicted molar refractivity (Wildman–Crippen MR) is 72.1 cm³/mol. The molecule has 1 aromatic rings. The van der Waals surface area contributed by atoms with Gasteiger partial charge in [-0.05, 0) is 43.9 Å². The van der Waals surface area contributed by atoms with Gasteiger partial charge in [0.25, 0.3) is 0 Å². The van der Waals surface area contributed by atoms with Gasteiger partial charge in [0.1, 0.15) is 12.4 Å². The molecule has 0 amide bonds. The van der Waals surface area contributed by atoms with Crippen LogP contribution in [-0.4, -0.2) is 19.2 Å². The molecule has 17 heavy (non-hydrogen) atoms. The van der Waals surface area contributed by atoms with E-state index < -0.39 is 0 Å². The van der Waals surface area contributed by atoms with E-state index in [-0.39, 0.29) is 0 Å². The molecule has 1 aliphatic rings. The van der Waals surface area contributed by atoms with Gasteiger partial charge < -0.3 is 10.1 Å². The molecule has 1 N–H and O–H groups in total. The van der Waals surface area contributed by atoms with Crippen LogP contribution < -0.4 is 10.1 Å². The van der Waals surface area contributed by atoms with Crippen LogP contribution in [0.3, 0.4) is 0 Å². The Balaban J connectivity index is 1.70. The summed E-state index contributed by atoms with van der Waals surface area (Å²) >= 11 is 11.8. The van der Waals surface area contributed by atoms with E-state index >= 15 is 0 Å². The third-order valence-corrected chi connectivity index (χ3v) is 3.44. The van der Waals surface area contributed by atoms with Crippen molar-refractivity contribution in [1.29, 1.82) is 0 Å². The monoisotopic (exact) mass is 273 g/mol. The smallest absolute Gasteiger partial charge is 0.122 e. The molecule has 94 valence electrons. The summed E-state index contributed by atoms with van der Waals surface area (Å²) in [6.07, 6.45) is 2.72. The second kappa shape index (κ2) is 5.94. The van der Waals surface area contributed by atoms with Gasteiger partial charge in [-0.2, -0.15) is 0 Å². The Morgan fingerprint density at radius 1 is 1.29 bits per heavy atom. The number of nitrogens with one attached hydrogen (secondary N) is 1. The summed E-state index contributed by atoms with van der Waals surface area (Å²) in [4.78, 5) is 0. The lowest BCUT2D eigenvalue weighted by molar-refractivity contribution is 0.303. The first-order valence-corrected chi connectivity index (χ1v) is 6.73. The summed E-state index contributed by atoms with van der Waals surface area (Å²) in [5.41, 5.74) is 0. The highest BCUT2D eigenvalue weighted by atomic mass is 35.5. The first-order chi connectivity index (χ1) is 8.15. The molecule has 1 fully saturated rings. The molecule has 1 aliphatic carbocycles. The van der Waals surface area contributed by atoms with Crippen molar-refractivity contribution >= 4 is 23.2 Å². The van der Waals surface area contributed by atoms with E-state index in [9.17, 15) is 0 Å². The van der Waals surface area contributed by atoms with Gasteiger partial charge in [0.2, 0.25) is 0 Å². The fourth-order valence-electron chi connectivity index (χ4n) is 1.83. The number of benzene rings is 1. The number of hydrogen-bond acceptors (Lipinski definition) is 2. The van der Waals surface area contributed by atoms with Crippen molar-refractivity contribution in [3.63, 3.8) is 0 Å². The molecule has 4 heteroatoms. The zero-order valence-corrected chi connectivity index (χ0v) is 11.4. The molecule has 1 aromatic carbocycles. The van der Waals surface area contributed by atoms with Gasteiger partial charge in [-0.3, -0.25) is 0 Å². The summed E-state index contributed by atoms with van der Waals surface area (Å²) < 4.78 is 5.59. The predicted octanol–water partition coefficient (Wildman–Crippen LogP) is 3.76. The quantitative estimate of drug-likeness (QED) is 0.797. The lowest BCUT2D eigenvalue weighted by Crippen LogP contribution is -2.31. The first-order valence-electron chi connectivity index (χ1n) is 5.97. The largest absolute Gasteiger partial charge is 0.492 e. The number of ether oxygens (including phenoxy) is 1. The van der Waals surface area contributed by atoms with Crippen LogP contribution >= 0.6 is 23.2 Å². The molecule has 0 radical (unpaired) electrons. The van der Waals surface area contributed by atoms with Crippen LogP contribution in [0, 0.1) is 5.92 Å². The Kier molecular flexibility index (Phi) is 4.55. The Bertz CT molecular complexity index is 359. The molecule has 0 aromatic heterocycles. The molecule has 1 atom stereocenters. The zero-order chi connectivity index (χ0) is 12.3. The summed E-state index contributed by atoms with van der Waals surface area (Å²) in [6.45, 7) is 3.71. The summed E-state index contributed by atoms with van der Waals surface area (Å²) in [5.74, 6) is 1.60. The van der Waals surface area contributed by atoms with Crippen molar-refractivity contribution in [2.45, 2.75) is 25.8 Å². The van der Waals surface area contributed by atoms with E-state index in [1.165, 1.54) is 12.8 Å². The second-order valence-electron chi connectivity index (χ2n) is 4.53. The molecule has 0 bridgehead atoms. The fraction of sp³-hybridized carbons (Fsp3) is 0.538. The Hall–Kier alpha value is -0.440. The van der Waals surface area contributed by atoms with E-state index in [0.717, 1.165) is 18.2 Å². The third-order valence-electron chi connectivity index (χ3n) is 3.00. The maximum absolute atomic E-state index is 5.88. The van der Waals surface area contributed by atoms with Crippen LogP contribution in [0.4, 0.5) is 0 Å². The SMILES string of the molecule is CC(NCCOc1cc(Cl)cc(Cl)c1)C1CC1. The normalized spacial score (nSPS) is 16.9. The van der Waals surface area contributed by atoms with Crippen LogP contribution in [0.5, 0.6) is 5.75 Å². The molecule has 0 spiro atoms. The number of hydrogen-bond donors (Lipinski definition) is 1. The standard InChI is InChI=1S/C13H17Cl2NO/c1-9(10-2-3-10)16-4-5-17-13-7-11(14)6-12(15)8-13/h6-10,16H,2-5H2,1H3. The average Bonchev–Trinajstić information content (AvgIpc) is 3.06. The van der Waals surface area contributed by atoms with Crippen molar-refractivity contribution in [3.8, 4) is 5.75 Å². The molecule has 2 rings (SSSR count). The minimum absolute atomic E-state index is 0.599. The number of halogens is 2. The van der Waals surface area contributed by atoms with Gasteiger partial charge in [0.15, 0.2) is 0 Å². The van der Waals surface area contributed by atoms with Crippen LogP contribution in [0.2, 0.25) is 10.0 Å². The van der Waals surface area contributed by atoms with E-state index in [2.05, 4.69) is 12.2 Å². The molecule has 0 saturated heterocycles. The molecular weight excluding hydrogens is 257 g/mol. The summed E-state index contributed by atoms with van der Waals surface area (Å²) in [5, 5.41) is 4.66. The van der Waals surface area contributed by atoms with Gasteiger partial charge in [0, 0.05) is 22.6 Å². The minimum atomic E-state index is 0.599. The van der Waals surface area contributed by atoms with Crippen LogP contribution in [0.25, 0.3) is 0 Å².